The molecule has 4 bridgehead atoms. The molecule has 1 saturated heterocycles. The predicted molar refractivity (Wildman–Crippen MR) is 141 cm³/mol. The number of hydrogen-bond donors (Lipinski definition) is 0. The summed E-state index contributed by atoms with van der Waals surface area (Å²) in [6.07, 6.45) is 6.43. The Morgan fingerprint density at radius 3 is 1.66 bits per heavy atom. The van der Waals surface area contributed by atoms with Crippen molar-refractivity contribution in [3.8, 4) is 0 Å². The molecule has 0 amide bonds. The van der Waals surface area contributed by atoms with Gasteiger partial charge in [-0.15, -0.1) is 0 Å². The molecule has 1 atom stereocenters. The maximum Gasteiger partial charge on any atom is 0.313 e. The molecule has 6 nitrogen and oxygen atoms in total. The maximum absolute atomic E-state index is 13.5. The molecule has 0 aromatic carbocycles. The van der Waals surface area contributed by atoms with E-state index in [1.165, 1.54) is 6.42 Å². The number of rotatable bonds is 5. The van der Waals surface area contributed by atoms with E-state index in [-0.39, 0.29) is 54.7 Å². The summed E-state index contributed by atoms with van der Waals surface area (Å²) in [5, 5.41) is 0. The normalized spacial score (nSPS) is 35.2. The van der Waals surface area contributed by atoms with Crippen LogP contribution in [-0.4, -0.2) is 35.7 Å². The van der Waals surface area contributed by atoms with Crippen LogP contribution in [0.5, 0.6) is 0 Å². The van der Waals surface area contributed by atoms with E-state index in [0.717, 1.165) is 37.5 Å². The lowest BCUT2D eigenvalue weighted by molar-refractivity contribution is -0.220. The summed E-state index contributed by atoms with van der Waals surface area (Å²) < 4.78 is 17.1. The van der Waals surface area contributed by atoms with Crippen molar-refractivity contribution in [1.29, 1.82) is 0 Å². The van der Waals surface area contributed by atoms with Crippen LogP contribution in [0, 0.1) is 34.5 Å². The van der Waals surface area contributed by atoms with Crippen molar-refractivity contribution in [2.75, 3.05) is 6.61 Å². The Balaban J connectivity index is 0.00000289. The SMILES string of the molecule is C.C.C.C.CC1(OC(=O)C(C)(C)C(C)(C)C(=O)OC2(C)C3CC4CC(C3)CC2C4)CCOC(=O)C1. The fraction of sp³-hybridized carbons (Fsp3) is 0.897. The van der Waals surface area contributed by atoms with Gasteiger partial charge in [-0.2, -0.15) is 0 Å². The molecule has 35 heavy (non-hydrogen) atoms. The monoisotopic (exact) mass is 498 g/mol. The summed E-state index contributed by atoms with van der Waals surface area (Å²) in [5.41, 5.74) is -3.54. The van der Waals surface area contributed by atoms with E-state index in [4.69, 9.17) is 14.2 Å². The summed E-state index contributed by atoms with van der Waals surface area (Å²) in [6, 6.07) is 0. The van der Waals surface area contributed by atoms with Gasteiger partial charge in [-0.1, -0.05) is 29.7 Å². The Morgan fingerprint density at radius 2 is 1.23 bits per heavy atom. The van der Waals surface area contributed by atoms with Crippen LogP contribution in [-0.2, 0) is 28.6 Å². The third-order valence-corrected chi connectivity index (χ3v) is 9.41. The van der Waals surface area contributed by atoms with Crippen molar-refractivity contribution in [2.45, 2.75) is 127 Å². The van der Waals surface area contributed by atoms with Gasteiger partial charge in [-0.25, -0.2) is 0 Å². The van der Waals surface area contributed by atoms with Gasteiger partial charge in [0.1, 0.15) is 11.2 Å². The average Bonchev–Trinajstić information content (AvgIpc) is 2.64. The van der Waals surface area contributed by atoms with Gasteiger partial charge in [0.25, 0.3) is 0 Å². The van der Waals surface area contributed by atoms with Crippen molar-refractivity contribution in [2.24, 2.45) is 34.5 Å². The van der Waals surface area contributed by atoms with Crippen molar-refractivity contribution in [1.82, 2.24) is 0 Å². The second kappa shape index (κ2) is 10.8. The van der Waals surface area contributed by atoms with Gasteiger partial charge in [0.2, 0.25) is 0 Å². The zero-order valence-corrected chi connectivity index (χ0v) is 19.9. The summed E-state index contributed by atoms with van der Waals surface area (Å²) in [7, 11) is 0. The van der Waals surface area contributed by atoms with E-state index in [0.29, 0.717) is 18.3 Å². The second-order valence-corrected chi connectivity index (χ2v) is 12.1. The zero-order chi connectivity index (χ0) is 22.8. The first-order valence-corrected chi connectivity index (χ1v) is 11.9. The topological polar surface area (TPSA) is 78.9 Å². The molecule has 1 heterocycles. The number of esters is 3. The van der Waals surface area contributed by atoms with Gasteiger partial charge < -0.3 is 14.2 Å². The first-order chi connectivity index (χ1) is 14.3. The third-order valence-electron chi connectivity index (χ3n) is 9.41. The van der Waals surface area contributed by atoms with Gasteiger partial charge in [0.15, 0.2) is 0 Å². The van der Waals surface area contributed by atoms with E-state index in [1.54, 1.807) is 34.6 Å². The molecule has 1 unspecified atom stereocenters. The highest BCUT2D eigenvalue weighted by molar-refractivity contribution is 5.88. The summed E-state index contributed by atoms with van der Waals surface area (Å²) in [4.78, 5) is 38.5. The van der Waals surface area contributed by atoms with E-state index in [1.807, 2.05) is 0 Å². The smallest absolute Gasteiger partial charge is 0.313 e. The molecular formula is C29H54O6. The van der Waals surface area contributed by atoms with Crippen LogP contribution in [0.4, 0.5) is 0 Å². The third kappa shape index (κ3) is 5.56. The molecule has 0 spiro atoms. The average molecular weight is 499 g/mol. The van der Waals surface area contributed by atoms with Crippen LogP contribution in [0.2, 0.25) is 0 Å². The number of hydrogen-bond acceptors (Lipinski definition) is 6. The quantitative estimate of drug-likeness (QED) is 0.300. The van der Waals surface area contributed by atoms with Crippen LogP contribution < -0.4 is 0 Å². The highest BCUT2D eigenvalue weighted by Crippen LogP contribution is 2.60. The molecule has 4 saturated carbocycles. The van der Waals surface area contributed by atoms with Gasteiger partial charge in [-0.3, -0.25) is 14.4 Å². The Morgan fingerprint density at radius 1 is 0.800 bits per heavy atom. The molecule has 5 rings (SSSR count). The highest BCUT2D eigenvalue weighted by Gasteiger charge is 2.60. The van der Waals surface area contributed by atoms with Crippen LogP contribution >= 0.6 is 0 Å². The minimum atomic E-state index is -1.11. The van der Waals surface area contributed by atoms with Crippen molar-refractivity contribution in [3.63, 3.8) is 0 Å². The van der Waals surface area contributed by atoms with Crippen molar-refractivity contribution in [3.05, 3.63) is 0 Å². The van der Waals surface area contributed by atoms with Crippen LogP contribution in [0.3, 0.4) is 0 Å². The maximum atomic E-state index is 13.5. The van der Waals surface area contributed by atoms with Crippen molar-refractivity contribution >= 4 is 17.9 Å². The molecular weight excluding hydrogens is 444 g/mol. The van der Waals surface area contributed by atoms with Gasteiger partial charge in [0, 0.05) is 6.42 Å². The molecule has 5 aliphatic rings. The Kier molecular flexibility index (Phi) is 10.3. The minimum Gasteiger partial charge on any atom is -0.465 e. The lowest BCUT2D eigenvalue weighted by Crippen LogP contribution is -2.60. The Bertz CT molecular complexity index is 754. The second-order valence-electron chi connectivity index (χ2n) is 12.1. The zero-order valence-electron chi connectivity index (χ0n) is 19.9. The summed E-state index contributed by atoms with van der Waals surface area (Å²) >= 11 is 0. The predicted octanol–water partition coefficient (Wildman–Crippen LogP) is 6.98. The largest absolute Gasteiger partial charge is 0.465 e. The number of ether oxygens (including phenoxy) is 3. The van der Waals surface area contributed by atoms with Crippen molar-refractivity contribution < 1.29 is 28.6 Å². The number of carbonyl (C=O) groups is 3. The fourth-order valence-electron chi connectivity index (χ4n) is 6.39. The molecule has 6 heteroatoms. The lowest BCUT2D eigenvalue weighted by atomic mass is 9.50. The van der Waals surface area contributed by atoms with Gasteiger partial charge in [0.05, 0.1) is 23.9 Å². The Hall–Kier alpha value is -1.59. The first-order valence-electron chi connectivity index (χ1n) is 11.9. The number of cyclic esters (lactones) is 1. The number of carbonyl (C=O) groups excluding carboxylic acids is 3. The molecule has 1 aliphatic heterocycles. The lowest BCUT2D eigenvalue weighted by Gasteiger charge is -2.59. The summed E-state index contributed by atoms with van der Waals surface area (Å²) in [6.45, 7) is 11.1. The standard InChI is InChI=1S/C25H38O6.4CH4/c1-22(2,20(27)30-24(5)7-8-29-19(26)14-24)23(3,4)21(28)31-25(6)17-10-15-9-16(12-17)13-18(25)11-15;;;;/h15-18H,7-14H2,1-6H3;4*1H4. The van der Waals surface area contributed by atoms with Crippen LogP contribution in [0.25, 0.3) is 0 Å². The molecule has 0 N–H and O–H groups in total. The van der Waals surface area contributed by atoms with E-state index < -0.39 is 28.0 Å². The van der Waals surface area contributed by atoms with E-state index in [9.17, 15) is 14.4 Å². The van der Waals surface area contributed by atoms with E-state index >= 15 is 0 Å². The minimum absolute atomic E-state index is 0. The molecule has 0 aromatic rings. The molecule has 0 aromatic heterocycles. The van der Waals surface area contributed by atoms with Crippen LogP contribution in [0.15, 0.2) is 0 Å². The highest BCUT2D eigenvalue weighted by atomic mass is 16.6. The van der Waals surface area contributed by atoms with Crippen LogP contribution in [0.1, 0.15) is 116 Å². The van der Waals surface area contributed by atoms with Gasteiger partial charge in [-0.05, 0) is 97.3 Å². The molecule has 206 valence electrons. The van der Waals surface area contributed by atoms with E-state index in [2.05, 4.69) is 6.92 Å². The van der Waals surface area contributed by atoms with Gasteiger partial charge >= 0.3 is 17.9 Å². The first kappa shape index (κ1) is 33.4. The fourth-order valence-corrected chi connectivity index (χ4v) is 6.39. The molecule has 5 fully saturated rings. The Labute approximate surface area is 215 Å². The summed E-state index contributed by atoms with van der Waals surface area (Å²) in [5.74, 6) is 1.23. The molecule has 0 radical (unpaired) electrons. The molecule has 4 aliphatic carbocycles.